The van der Waals surface area contributed by atoms with E-state index in [0.29, 0.717) is 6.04 Å². The molecule has 1 fully saturated rings. The average Bonchev–Trinajstić information content (AvgIpc) is 2.86. The molecule has 0 aromatic carbocycles. The average molecular weight is 213 g/mol. The third-order valence-corrected chi connectivity index (χ3v) is 3.23. The Morgan fingerprint density at radius 1 is 1.20 bits per heavy atom. The van der Waals surface area contributed by atoms with E-state index >= 15 is 0 Å². The zero-order chi connectivity index (χ0) is 11.4. The fourth-order valence-electron chi connectivity index (χ4n) is 2.21. The van der Waals surface area contributed by atoms with E-state index in [0.717, 1.165) is 18.4 Å². The van der Waals surface area contributed by atoms with Gasteiger partial charge in [-0.1, -0.05) is 13.8 Å². The fraction of sp³-hybridized carbons (Fsp3) is 1.00. The zero-order valence-corrected chi connectivity index (χ0v) is 10.7. The van der Waals surface area contributed by atoms with E-state index in [1.807, 2.05) is 6.92 Å². The molecule has 2 unspecified atom stereocenters. The largest absolute Gasteiger partial charge is 0.393 e. The first-order valence-corrected chi connectivity index (χ1v) is 6.44. The van der Waals surface area contributed by atoms with Crippen LogP contribution in [0.4, 0.5) is 0 Å². The van der Waals surface area contributed by atoms with Crippen molar-refractivity contribution in [3.05, 3.63) is 0 Å². The van der Waals surface area contributed by atoms with Crippen molar-refractivity contribution in [2.45, 2.75) is 71.6 Å². The summed E-state index contributed by atoms with van der Waals surface area (Å²) < 4.78 is 0. The van der Waals surface area contributed by atoms with Crippen molar-refractivity contribution in [3.8, 4) is 0 Å². The van der Waals surface area contributed by atoms with Crippen LogP contribution in [0, 0.1) is 5.92 Å². The molecule has 1 rings (SSSR count). The molecule has 90 valence electrons. The van der Waals surface area contributed by atoms with Crippen LogP contribution in [0.2, 0.25) is 0 Å². The van der Waals surface area contributed by atoms with E-state index in [1.54, 1.807) is 0 Å². The van der Waals surface area contributed by atoms with Crippen LogP contribution in [-0.2, 0) is 0 Å². The molecule has 0 spiro atoms. The van der Waals surface area contributed by atoms with Gasteiger partial charge in [0.1, 0.15) is 0 Å². The lowest BCUT2D eigenvalue weighted by molar-refractivity contribution is 0.111. The molecule has 1 aliphatic carbocycles. The van der Waals surface area contributed by atoms with Gasteiger partial charge in [-0.05, 0) is 52.0 Å². The van der Waals surface area contributed by atoms with Gasteiger partial charge in [-0.15, -0.1) is 0 Å². The highest BCUT2D eigenvalue weighted by Gasteiger charge is 2.32. The topological polar surface area (TPSA) is 23.5 Å². The Labute approximate surface area is 94.7 Å². The van der Waals surface area contributed by atoms with E-state index in [2.05, 4.69) is 25.7 Å². The van der Waals surface area contributed by atoms with Gasteiger partial charge in [0.05, 0.1) is 6.10 Å². The van der Waals surface area contributed by atoms with Gasteiger partial charge < -0.3 is 5.11 Å². The van der Waals surface area contributed by atoms with Gasteiger partial charge in [0.15, 0.2) is 0 Å². The minimum absolute atomic E-state index is 0.166. The van der Waals surface area contributed by atoms with Crippen LogP contribution in [0.15, 0.2) is 0 Å². The van der Waals surface area contributed by atoms with Crippen LogP contribution in [0.25, 0.3) is 0 Å². The minimum atomic E-state index is -0.166. The highest BCUT2D eigenvalue weighted by Crippen LogP contribution is 2.30. The number of rotatable bonds is 7. The summed E-state index contributed by atoms with van der Waals surface area (Å²) in [5.41, 5.74) is 0. The second-order valence-corrected chi connectivity index (χ2v) is 5.59. The number of aliphatic hydroxyl groups is 1. The van der Waals surface area contributed by atoms with Gasteiger partial charge in [0.25, 0.3) is 0 Å². The van der Waals surface area contributed by atoms with Crippen molar-refractivity contribution >= 4 is 0 Å². The summed E-state index contributed by atoms with van der Waals surface area (Å²) in [6.45, 7) is 9.92. The zero-order valence-electron chi connectivity index (χ0n) is 10.7. The Balaban J connectivity index is 2.35. The molecule has 1 N–H and O–H groups in total. The highest BCUT2D eigenvalue weighted by molar-refractivity contribution is 4.87. The Hall–Kier alpha value is -0.0800. The smallest absolute Gasteiger partial charge is 0.0526 e. The van der Waals surface area contributed by atoms with Crippen molar-refractivity contribution in [2.75, 3.05) is 6.54 Å². The maximum Gasteiger partial charge on any atom is 0.0526 e. The van der Waals surface area contributed by atoms with Crippen LogP contribution in [0.1, 0.15) is 53.4 Å². The van der Waals surface area contributed by atoms with Gasteiger partial charge in [0, 0.05) is 12.1 Å². The second kappa shape index (κ2) is 5.86. The van der Waals surface area contributed by atoms with Crippen molar-refractivity contribution in [1.29, 1.82) is 0 Å². The van der Waals surface area contributed by atoms with Crippen molar-refractivity contribution < 1.29 is 5.11 Å². The first-order chi connectivity index (χ1) is 7.00. The van der Waals surface area contributed by atoms with Crippen molar-refractivity contribution in [3.63, 3.8) is 0 Å². The Bertz CT molecular complexity index is 175. The SMILES string of the molecule is CC(C)CCN(C(C)CC(C)O)C1CC1. The first kappa shape index (κ1) is 13.0. The fourth-order valence-corrected chi connectivity index (χ4v) is 2.21. The Morgan fingerprint density at radius 3 is 2.20 bits per heavy atom. The highest BCUT2D eigenvalue weighted by atomic mass is 16.3. The number of nitrogens with zero attached hydrogens (tertiary/aromatic N) is 1. The predicted octanol–water partition coefficient (Wildman–Crippen LogP) is 2.66. The number of hydrogen-bond acceptors (Lipinski definition) is 2. The van der Waals surface area contributed by atoms with Gasteiger partial charge in [-0.25, -0.2) is 0 Å². The lowest BCUT2D eigenvalue weighted by atomic mass is 10.1. The molecule has 2 nitrogen and oxygen atoms in total. The van der Waals surface area contributed by atoms with Gasteiger partial charge in [0.2, 0.25) is 0 Å². The second-order valence-electron chi connectivity index (χ2n) is 5.59. The summed E-state index contributed by atoms with van der Waals surface area (Å²) >= 11 is 0. The molecule has 2 heteroatoms. The van der Waals surface area contributed by atoms with Crippen molar-refractivity contribution in [2.24, 2.45) is 5.92 Å². The van der Waals surface area contributed by atoms with Crippen LogP contribution in [0.5, 0.6) is 0 Å². The molecule has 0 aromatic heterocycles. The molecular weight excluding hydrogens is 186 g/mol. The molecule has 2 atom stereocenters. The summed E-state index contributed by atoms with van der Waals surface area (Å²) in [6, 6.07) is 1.36. The molecule has 1 aliphatic rings. The third kappa shape index (κ3) is 4.98. The Morgan fingerprint density at radius 2 is 1.80 bits per heavy atom. The maximum absolute atomic E-state index is 9.42. The molecular formula is C13H27NO. The van der Waals surface area contributed by atoms with E-state index in [4.69, 9.17) is 0 Å². The molecule has 0 aliphatic heterocycles. The monoisotopic (exact) mass is 213 g/mol. The third-order valence-electron chi connectivity index (χ3n) is 3.23. The standard InChI is InChI=1S/C13H27NO/c1-10(2)7-8-14(13-5-6-13)11(3)9-12(4)15/h10-13,15H,5-9H2,1-4H3. The van der Waals surface area contributed by atoms with E-state index in [9.17, 15) is 5.11 Å². The lowest BCUT2D eigenvalue weighted by Crippen LogP contribution is -2.38. The van der Waals surface area contributed by atoms with Gasteiger partial charge in [-0.3, -0.25) is 4.90 Å². The molecule has 0 heterocycles. The molecule has 0 radical (unpaired) electrons. The summed E-state index contributed by atoms with van der Waals surface area (Å²) in [4.78, 5) is 2.60. The van der Waals surface area contributed by atoms with Crippen LogP contribution < -0.4 is 0 Å². The normalized spacial score (nSPS) is 21.0. The maximum atomic E-state index is 9.42. The van der Waals surface area contributed by atoms with Crippen LogP contribution in [0.3, 0.4) is 0 Å². The summed E-state index contributed by atoms with van der Waals surface area (Å²) in [7, 11) is 0. The number of hydrogen-bond donors (Lipinski definition) is 1. The van der Waals surface area contributed by atoms with Crippen LogP contribution in [-0.4, -0.2) is 34.7 Å². The van der Waals surface area contributed by atoms with Crippen LogP contribution >= 0.6 is 0 Å². The molecule has 15 heavy (non-hydrogen) atoms. The Kier molecular flexibility index (Phi) is 5.07. The first-order valence-electron chi connectivity index (χ1n) is 6.44. The van der Waals surface area contributed by atoms with Gasteiger partial charge in [-0.2, -0.15) is 0 Å². The quantitative estimate of drug-likeness (QED) is 0.703. The lowest BCUT2D eigenvalue weighted by Gasteiger charge is -2.30. The minimum Gasteiger partial charge on any atom is -0.393 e. The van der Waals surface area contributed by atoms with E-state index in [-0.39, 0.29) is 6.10 Å². The summed E-state index contributed by atoms with van der Waals surface area (Å²) in [5.74, 6) is 0.782. The molecule has 0 bridgehead atoms. The van der Waals surface area contributed by atoms with E-state index < -0.39 is 0 Å². The summed E-state index contributed by atoms with van der Waals surface area (Å²) in [5, 5.41) is 9.42. The molecule has 0 saturated heterocycles. The van der Waals surface area contributed by atoms with E-state index in [1.165, 1.54) is 25.8 Å². The van der Waals surface area contributed by atoms with Crippen molar-refractivity contribution in [1.82, 2.24) is 4.90 Å². The predicted molar refractivity (Wildman–Crippen MR) is 64.9 cm³/mol. The summed E-state index contributed by atoms with van der Waals surface area (Å²) in [6.07, 6.45) is 4.75. The molecule has 0 aromatic rings. The van der Waals surface area contributed by atoms with Gasteiger partial charge >= 0.3 is 0 Å². The molecule has 0 amide bonds. The number of aliphatic hydroxyl groups excluding tert-OH is 1. The molecule has 1 saturated carbocycles.